The minimum Gasteiger partial charge on any atom is -0.326 e. The number of anilines is 2. The molecule has 1 amide bonds. The first-order valence-electron chi connectivity index (χ1n) is 7.33. The van der Waals surface area contributed by atoms with Gasteiger partial charge in [-0.05, 0) is 42.0 Å². The third-order valence-electron chi connectivity index (χ3n) is 3.26. The monoisotopic (exact) mass is 343 g/mol. The van der Waals surface area contributed by atoms with Gasteiger partial charge in [-0.15, -0.1) is 0 Å². The van der Waals surface area contributed by atoms with Crippen molar-refractivity contribution in [2.24, 2.45) is 0 Å². The summed E-state index contributed by atoms with van der Waals surface area (Å²) < 4.78 is 27.2. The number of benzene rings is 2. The third-order valence-corrected chi connectivity index (χ3v) is 4.66. The van der Waals surface area contributed by atoms with Crippen LogP contribution in [0.2, 0.25) is 0 Å². The number of hydrogen-bond donors (Lipinski definition) is 2. The molecule has 2 aromatic rings. The predicted molar refractivity (Wildman–Crippen MR) is 91.9 cm³/mol. The molecule has 0 fully saturated rings. The zero-order chi connectivity index (χ0) is 17.6. The normalized spacial score (nSPS) is 10.7. The van der Waals surface area contributed by atoms with Gasteiger partial charge in [0.05, 0.1) is 17.4 Å². The van der Waals surface area contributed by atoms with Crippen LogP contribution in [-0.2, 0) is 21.2 Å². The molecule has 0 radical (unpaired) electrons. The van der Waals surface area contributed by atoms with E-state index in [4.69, 9.17) is 5.26 Å². The minimum atomic E-state index is -3.72. The van der Waals surface area contributed by atoms with E-state index in [1.165, 1.54) is 24.3 Å². The van der Waals surface area contributed by atoms with E-state index in [2.05, 4.69) is 10.0 Å². The smallest absolute Gasteiger partial charge is 0.261 e. The van der Waals surface area contributed by atoms with Crippen molar-refractivity contribution in [3.63, 3.8) is 0 Å². The first kappa shape index (κ1) is 17.5. The van der Waals surface area contributed by atoms with Crippen LogP contribution in [0.25, 0.3) is 0 Å². The van der Waals surface area contributed by atoms with E-state index < -0.39 is 10.0 Å². The van der Waals surface area contributed by atoms with Gasteiger partial charge in [0.1, 0.15) is 0 Å². The van der Waals surface area contributed by atoms with Crippen LogP contribution in [0.4, 0.5) is 11.4 Å². The second kappa shape index (κ2) is 7.62. The Bertz CT molecular complexity index is 851. The van der Waals surface area contributed by atoms with Gasteiger partial charge in [-0.2, -0.15) is 5.26 Å². The van der Waals surface area contributed by atoms with Crippen LogP contribution < -0.4 is 10.0 Å². The highest BCUT2D eigenvalue weighted by Gasteiger charge is 2.14. The molecule has 0 heterocycles. The van der Waals surface area contributed by atoms with E-state index in [0.29, 0.717) is 17.8 Å². The number of carbonyl (C=O) groups excluding carboxylic acids is 1. The van der Waals surface area contributed by atoms with E-state index in [0.717, 1.165) is 5.56 Å². The Kier molecular flexibility index (Phi) is 5.55. The molecule has 2 N–H and O–H groups in total. The van der Waals surface area contributed by atoms with Crippen LogP contribution in [0.5, 0.6) is 0 Å². The van der Waals surface area contributed by atoms with E-state index in [1.54, 1.807) is 31.2 Å². The highest BCUT2D eigenvalue weighted by molar-refractivity contribution is 7.92. The van der Waals surface area contributed by atoms with E-state index in [9.17, 15) is 13.2 Å². The van der Waals surface area contributed by atoms with Gasteiger partial charge in [0, 0.05) is 17.8 Å². The van der Waals surface area contributed by atoms with Gasteiger partial charge in [-0.1, -0.05) is 19.1 Å². The summed E-state index contributed by atoms with van der Waals surface area (Å²) >= 11 is 0. The van der Waals surface area contributed by atoms with Crippen LogP contribution in [0.3, 0.4) is 0 Å². The molecule has 0 saturated carbocycles. The van der Waals surface area contributed by atoms with Crippen molar-refractivity contribution in [2.45, 2.75) is 24.7 Å². The average Bonchev–Trinajstić information content (AvgIpc) is 2.57. The summed E-state index contributed by atoms with van der Waals surface area (Å²) in [4.78, 5) is 11.4. The second-order valence-electron chi connectivity index (χ2n) is 5.06. The van der Waals surface area contributed by atoms with Crippen molar-refractivity contribution in [3.8, 4) is 6.07 Å². The van der Waals surface area contributed by atoms with Crippen LogP contribution >= 0.6 is 0 Å². The van der Waals surface area contributed by atoms with Gasteiger partial charge in [-0.3, -0.25) is 9.52 Å². The van der Waals surface area contributed by atoms with Crippen LogP contribution in [-0.4, -0.2) is 14.3 Å². The maximum atomic E-state index is 12.4. The Hall–Kier alpha value is -2.85. The van der Waals surface area contributed by atoms with Crippen molar-refractivity contribution >= 4 is 27.3 Å². The summed E-state index contributed by atoms with van der Waals surface area (Å²) in [7, 11) is -3.72. The molecule has 2 aromatic carbocycles. The minimum absolute atomic E-state index is 0.0955. The van der Waals surface area contributed by atoms with Gasteiger partial charge in [0.2, 0.25) is 5.91 Å². The van der Waals surface area contributed by atoms with E-state index in [-0.39, 0.29) is 17.2 Å². The standard InChI is InChI=1S/C17H17N3O3S/c1-2-17(21)19-14-7-9-16(10-8-14)24(22,23)20-15-5-3-13(4-6-15)11-12-18/h3-10,20H,2,11H2,1H3,(H,19,21). The fraction of sp³-hybridized carbons (Fsp3) is 0.176. The summed E-state index contributed by atoms with van der Waals surface area (Å²) in [6.07, 6.45) is 0.626. The Morgan fingerprint density at radius 2 is 1.62 bits per heavy atom. The van der Waals surface area contributed by atoms with Gasteiger partial charge in [0.15, 0.2) is 0 Å². The molecular formula is C17H17N3O3S. The number of carbonyl (C=O) groups is 1. The number of sulfonamides is 1. The van der Waals surface area contributed by atoms with Crippen molar-refractivity contribution in [1.29, 1.82) is 5.26 Å². The molecule has 0 aliphatic carbocycles. The van der Waals surface area contributed by atoms with Gasteiger partial charge < -0.3 is 5.32 Å². The quantitative estimate of drug-likeness (QED) is 0.842. The number of rotatable bonds is 6. The molecule has 124 valence electrons. The third kappa shape index (κ3) is 4.57. The lowest BCUT2D eigenvalue weighted by Gasteiger charge is -2.09. The highest BCUT2D eigenvalue weighted by atomic mass is 32.2. The lowest BCUT2D eigenvalue weighted by molar-refractivity contribution is -0.115. The molecule has 7 heteroatoms. The number of nitrogens with zero attached hydrogens (tertiary/aromatic N) is 1. The molecule has 2 rings (SSSR count). The molecule has 6 nitrogen and oxygen atoms in total. The molecule has 24 heavy (non-hydrogen) atoms. The average molecular weight is 343 g/mol. The Balaban J connectivity index is 2.12. The highest BCUT2D eigenvalue weighted by Crippen LogP contribution is 2.19. The maximum Gasteiger partial charge on any atom is 0.261 e. The largest absolute Gasteiger partial charge is 0.326 e. The second-order valence-corrected chi connectivity index (χ2v) is 6.75. The van der Waals surface area contributed by atoms with Crippen molar-refractivity contribution in [3.05, 3.63) is 54.1 Å². The fourth-order valence-electron chi connectivity index (χ4n) is 1.96. The Morgan fingerprint density at radius 1 is 1.04 bits per heavy atom. The molecular weight excluding hydrogens is 326 g/mol. The molecule has 0 aliphatic heterocycles. The van der Waals surface area contributed by atoms with E-state index in [1.807, 2.05) is 6.07 Å². The lowest BCUT2D eigenvalue weighted by atomic mass is 10.1. The number of nitriles is 1. The zero-order valence-electron chi connectivity index (χ0n) is 13.1. The Morgan fingerprint density at radius 3 is 2.17 bits per heavy atom. The van der Waals surface area contributed by atoms with Crippen molar-refractivity contribution in [2.75, 3.05) is 10.0 Å². The molecule has 0 saturated heterocycles. The van der Waals surface area contributed by atoms with Crippen LogP contribution in [0.15, 0.2) is 53.4 Å². The van der Waals surface area contributed by atoms with Gasteiger partial charge in [0.25, 0.3) is 10.0 Å². The van der Waals surface area contributed by atoms with Crippen molar-refractivity contribution < 1.29 is 13.2 Å². The van der Waals surface area contributed by atoms with Crippen LogP contribution in [0, 0.1) is 11.3 Å². The lowest BCUT2D eigenvalue weighted by Crippen LogP contribution is -2.13. The summed E-state index contributed by atoms with van der Waals surface area (Å²) in [5.74, 6) is -0.138. The molecule has 0 spiro atoms. The maximum absolute atomic E-state index is 12.4. The number of amides is 1. The zero-order valence-corrected chi connectivity index (χ0v) is 13.9. The summed E-state index contributed by atoms with van der Waals surface area (Å²) in [6, 6.07) is 14.6. The summed E-state index contributed by atoms with van der Waals surface area (Å²) in [5, 5.41) is 11.3. The van der Waals surface area contributed by atoms with Gasteiger partial charge >= 0.3 is 0 Å². The molecule has 0 atom stereocenters. The SMILES string of the molecule is CCC(=O)Nc1ccc(S(=O)(=O)Nc2ccc(CC#N)cc2)cc1. The summed E-state index contributed by atoms with van der Waals surface area (Å²) in [5.41, 5.74) is 1.78. The number of hydrogen-bond acceptors (Lipinski definition) is 4. The van der Waals surface area contributed by atoms with E-state index >= 15 is 0 Å². The van der Waals surface area contributed by atoms with Crippen LogP contribution in [0.1, 0.15) is 18.9 Å². The predicted octanol–water partition coefficient (Wildman–Crippen LogP) is 2.90. The first-order chi connectivity index (χ1) is 11.4. The Labute approximate surface area is 141 Å². The molecule has 0 bridgehead atoms. The number of nitrogens with one attached hydrogen (secondary N) is 2. The topological polar surface area (TPSA) is 99.1 Å². The van der Waals surface area contributed by atoms with Gasteiger partial charge in [-0.25, -0.2) is 8.42 Å². The molecule has 0 unspecified atom stereocenters. The summed E-state index contributed by atoms with van der Waals surface area (Å²) in [6.45, 7) is 1.74. The van der Waals surface area contributed by atoms with Crippen molar-refractivity contribution in [1.82, 2.24) is 0 Å². The first-order valence-corrected chi connectivity index (χ1v) is 8.81. The molecule has 0 aromatic heterocycles. The molecule has 0 aliphatic rings. The fourth-order valence-corrected chi connectivity index (χ4v) is 3.02.